The number of aliphatic hydroxyl groups excluding tert-OH is 1. The van der Waals surface area contributed by atoms with Gasteiger partial charge in [-0.3, -0.25) is 4.57 Å². The zero-order valence-electron chi connectivity index (χ0n) is 11.7. The van der Waals surface area contributed by atoms with Gasteiger partial charge in [-0.05, 0) is 46.5 Å². The Morgan fingerprint density at radius 3 is 2.17 bits per heavy atom. The van der Waals surface area contributed by atoms with Crippen molar-refractivity contribution in [2.24, 2.45) is 5.92 Å². The van der Waals surface area contributed by atoms with E-state index in [0.29, 0.717) is 12.6 Å². The van der Waals surface area contributed by atoms with Crippen LogP contribution in [0.15, 0.2) is 12.2 Å². The fourth-order valence-corrected chi connectivity index (χ4v) is 4.26. The first-order chi connectivity index (χ1) is 8.31. The van der Waals surface area contributed by atoms with E-state index < -0.39 is 7.60 Å². The van der Waals surface area contributed by atoms with Gasteiger partial charge in [0, 0.05) is 0 Å². The second-order valence-electron chi connectivity index (χ2n) is 5.38. The highest BCUT2D eigenvalue weighted by molar-refractivity contribution is 7.53. The van der Waals surface area contributed by atoms with Crippen molar-refractivity contribution in [1.29, 1.82) is 0 Å². The van der Waals surface area contributed by atoms with Crippen molar-refractivity contribution in [3.8, 4) is 0 Å². The van der Waals surface area contributed by atoms with Crippen LogP contribution in [0, 0.1) is 5.92 Å². The molecule has 1 aliphatic carbocycles. The van der Waals surface area contributed by atoms with Gasteiger partial charge in [-0.1, -0.05) is 12.2 Å². The number of hydrogen-bond acceptors (Lipinski definition) is 4. The molecule has 0 aromatic rings. The minimum absolute atomic E-state index is 0.112. The molecule has 0 aliphatic heterocycles. The molecule has 0 unspecified atom stereocenters. The van der Waals surface area contributed by atoms with Crippen molar-refractivity contribution in [2.75, 3.05) is 6.16 Å². The van der Waals surface area contributed by atoms with E-state index in [9.17, 15) is 9.67 Å². The van der Waals surface area contributed by atoms with Crippen LogP contribution in [0.5, 0.6) is 0 Å². The summed E-state index contributed by atoms with van der Waals surface area (Å²) in [5.41, 5.74) is 0. The van der Waals surface area contributed by atoms with Crippen LogP contribution in [0.2, 0.25) is 0 Å². The standard InChI is InChI=1S/C13H25O4P/c1-10(2)16-18(15,17-11(3)4)8-7-12-5-6-13(14)9-12/h5-6,10-14H,7-9H2,1-4H3/t12-,13-/m1/s1. The third-order valence-electron chi connectivity index (χ3n) is 2.67. The van der Waals surface area contributed by atoms with Gasteiger partial charge < -0.3 is 14.2 Å². The monoisotopic (exact) mass is 276 g/mol. The summed E-state index contributed by atoms with van der Waals surface area (Å²) in [4.78, 5) is 0. The van der Waals surface area contributed by atoms with Gasteiger partial charge >= 0.3 is 7.60 Å². The molecular weight excluding hydrogens is 251 g/mol. The first kappa shape index (κ1) is 15.9. The minimum atomic E-state index is -3.02. The summed E-state index contributed by atoms with van der Waals surface area (Å²) in [7, 11) is -3.02. The maximum absolute atomic E-state index is 12.5. The highest BCUT2D eigenvalue weighted by atomic mass is 31.2. The largest absolute Gasteiger partial charge is 0.389 e. The van der Waals surface area contributed by atoms with Crippen LogP contribution in [0.25, 0.3) is 0 Å². The maximum Gasteiger partial charge on any atom is 0.331 e. The summed E-state index contributed by atoms with van der Waals surface area (Å²) in [6.45, 7) is 7.43. The molecule has 2 atom stereocenters. The lowest BCUT2D eigenvalue weighted by Gasteiger charge is -2.23. The van der Waals surface area contributed by atoms with Crippen molar-refractivity contribution in [1.82, 2.24) is 0 Å². The minimum Gasteiger partial charge on any atom is -0.389 e. The average Bonchev–Trinajstić information content (AvgIpc) is 2.59. The summed E-state index contributed by atoms with van der Waals surface area (Å²) in [5, 5.41) is 9.40. The molecule has 1 N–H and O–H groups in total. The summed E-state index contributed by atoms with van der Waals surface area (Å²) in [6.07, 6.45) is 5.05. The van der Waals surface area contributed by atoms with Gasteiger partial charge in [0.15, 0.2) is 0 Å². The quantitative estimate of drug-likeness (QED) is 0.572. The third kappa shape index (κ3) is 5.66. The van der Waals surface area contributed by atoms with Gasteiger partial charge in [-0.15, -0.1) is 0 Å². The Balaban J connectivity index is 2.51. The van der Waals surface area contributed by atoms with Crippen molar-refractivity contribution in [3.05, 3.63) is 12.2 Å². The van der Waals surface area contributed by atoms with Gasteiger partial charge in [-0.2, -0.15) is 0 Å². The molecule has 1 aliphatic rings. The van der Waals surface area contributed by atoms with E-state index in [0.717, 1.165) is 6.42 Å². The molecule has 5 heteroatoms. The van der Waals surface area contributed by atoms with Gasteiger partial charge in [0.1, 0.15) is 0 Å². The van der Waals surface area contributed by atoms with E-state index in [1.165, 1.54) is 0 Å². The van der Waals surface area contributed by atoms with E-state index in [4.69, 9.17) is 9.05 Å². The Bertz CT molecular complexity index is 311. The Morgan fingerprint density at radius 1 is 1.22 bits per heavy atom. The highest BCUT2D eigenvalue weighted by Crippen LogP contribution is 2.51. The van der Waals surface area contributed by atoms with Gasteiger partial charge in [0.25, 0.3) is 0 Å². The summed E-state index contributed by atoms with van der Waals surface area (Å²) in [6, 6.07) is 0. The molecular formula is C13H25O4P. The Hall–Kier alpha value is -0.150. The SMILES string of the molecule is CC(C)OP(=O)(CC[C@H]1C=C[C@@H](O)C1)OC(C)C. The fourth-order valence-electron chi connectivity index (χ4n) is 2.06. The topological polar surface area (TPSA) is 55.8 Å². The Kier molecular flexibility index (Phi) is 6.06. The number of aliphatic hydroxyl groups is 1. The van der Waals surface area contributed by atoms with E-state index in [2.05, 4.69) is 0 Å². The van der Waals surface area contributed by atoms with Gasteiger partial charge in [0.05, 0.1) is 24.5 Å². The van der Waals surface area contributed by atoms with Crippen molar-refractivity contribution < 1.29 is 18.7 Å². The predicted octanol–water partition coefficient (Wildman–Crippen LogP) is 3.36. The molecule has 0 saturated carbocycles. The van der Waals surface area contributed by atoms with Crippen LogP contribution < -0.4 is 0 Å². The number of hydrogen-bond donors (Lipinski definition) is 1. The summed E-state index contributed by atoms with van der Waals surface area (Å²) < 4.78 is 23.5. The Morgan fingerprint density at radius 2 is 1.78 bits per heavy atom. The van der Waals surface area contributed by atoms with Crippen LogP contribution in [-0.2, 0) is 13.6 Å². The molecule has 18 heavy (non-hydrogen) atoms. The molecule has 0 aromatic carbocycles. The van der Waals surface area contributed by atoms with E-state index in [1.807, 2.05) is 33.8 Å². The van der Waals surface area contributed by atoms with E-state index in [1.54, 1.807) is 6.08 Å². The Labute approximate surface area is 110 Å². The van der Waals surface area contributed by atoms with Crippen molar-refractivity contribution in [3.63, 3.8) is 0 Å². The molecule has 0 radical (unpaired) electrons. The number of allylic oxidation sites excluding steroid dienone is 1. The van der Waals surface area contributed by atoms with E-state index in [-0.39, 0.29) is 24.2 Å². The first-order valence-electron chi connectivity index (χ1n) is 6.63. The predicted molar refractivity (Wildman–Crippen MR) is 72.8 cm³/mol. The molecule has 0 bridgehead atoms. The lowest BCUT2D eigenvalue weighted by atomic mass is 10.1. The first-order valence-corrected chi connectivity index (χ1v) is 8.36. The lowest BCUT2D eigenvalue weighted by Crippen LogP contribution is -2.12. The molecule has 0 heterocycles. The zero-order valence-corrected chi connectivity index (χ0v) is 12.6. The lowest BCUT2D eigenvalue weighted by molar-refractivity contribution is 0.141. The van der Waals surface area contributed by atoms with Gasteiger partial charge in [-0.25, -0.2) is 0 Å². The maximum atomic E-state index is 12.5. The molecule has 0 spiro atoms. The van der Waals surface area contributed by atoms with Crippen LogP contribution in [0.1, 0.15) is 40.5 Å². The number of rotatable bonds is 7. The zero-order chi connectivity index (χ0) is 13.8. The average molecular weight is 276 g/mol. The summed E-state index contributed by atoms with van der Waals surface area (Å²) in [5.74, 6) is 0.278. The normalized spacial score (nSPS) is 24.4. The molecule has 106 valence electrons. The summed E-state index contributed by atoms with van der Waals surface area (Å²) >= 11 is 0. The van der Waals surface area contributed by atoms with Crippen molar-refractivity contribution >= 4 is 7.60 Å². The second-order valence-corrected chi connectivity index (χ2v) is 7.47. The third-order valence-corrected chi connectivity index (χ3v) is 4.96. The molecule has 0 aromatic heterocycles. The van der Waals surface area contributed by atoms with Crippen molar-refractivity contribution in [2.45, 2.75) is 58.8 Å². The van der Waals surface area contributed by atoms with Crippen LogP contribution in [0.4, 0.5) is 0 Å². The smallest absolute Gasteiger partial charge is 0.331 e. The van der Waals surface area contributed by atoms with Crippen LogP contribution in [-0.4, -0.2) is 29.6 Å². The second kappa shape index (κ2) is 6.85. The molecule has 0 amide bonds. The molecule has 0 fully saturated rings. The fraction of sp³-hybridized carbons (Fsp3) is 0.846. The molecule has 1 rings (SSSR count). The van der Waals surface area contributed by atoms with E-state index >= 15 is 0 Å². The molecule has 0 saturated heterocycles. The van der Waals surface area contributed by atoms with Gasteiger partial charge in [0.2, 0.25) is 0 Å². The van der Waals surface area contributed by atoms with Crippen LogP contribution >= 0.6 is 7.60 Å². The van der Waals surface area contributed by atoms with Crippen LogP contribution in [0.3, 0.4) is 0 Å². The molecule has 4 nitrogen and oxygen atoms in total. The highest BCUT2D eigenvalue weighted by Gasteiger charge is 2.29.